The van der Waals surface area contributed by atoms with Gasteiger partial charge in [0.1, 0.15) is 23.9 Å². The molecular formula is C22H18AlNO7. The number of phenolic OH excluding ortho intramolecular Hbond substituents is 2. The van der Waals surface area contributed by atoms with Crippen molar-refractivity contribution < 1.29 is 34.1 Å². The predicted molar refractivity (Wildman–Crippen MR) is 110 cm³/mol. The summed E-state index contributed by atoms with van der Waals surface area (Å²) in [4.78, 5) is 35.9. The molecule has 0 aliphatic heterocycles. The lowest BCUT2D eigenvalue weighted by Crippen LogP contribution is -2.29. The van der Waals surface area contributed by atoms with Crippen LogP contribution in [0.3, 0.4) is 0 Å². The molecular weight excluding hydrogens is 417 g/mol. The van der Waals surface area contributed by atoms with Crippen LogP contribution < -0.4 is 4.74 Å². The third-order valence-corrected chi connectivity index (χ3v) is 6.05. The molecule has 0 bridgehead atoms. The van der Waals surface area contributed by atoms with Crippen LogP contribution in [0.25, 0.3) is 0 Å². The van der Waals surface area contributed by atoms with E-state index < -0.39 is 16.5 Å². The van der Waals surface area contributed by atoms with Crippen LogP contribution in [0.2, 0.25) is 0 Å². The fourth-order valence-corrected chi connectivity index (χ4v) is 4.47. The molecule has 0 unspecified atom stereocenters. The molecule has 31 heavy (non-hydrogen) atoms. The number of carbonyl (C=O) groups excluding carboxylic acids is 3. The number of phenols is 2. The number of rotatable bonds is 4. The van der Waals surface area contributed by atoms with E-state index in [4.69, 9.17) is 14.9 Å². The van der Waals surface area contributed by atoms with Crippen molar-refractivity contribution in [3.05, 3.63) is 51.6 Å². The minimum Gasteiger partial charge on any atom is -0.507 e. The van der Waals surface area contributed by atoms with Gasteiger partial charge >= 0.3 is 16.3 Å². The molecule has 0 amide bonds. The van der Waals surface area contributed by atoms with Gasteiger partial charge < -0.3 is 19.7 Å². The lowest BCUT2D eigenvalue weighted by atomic mass is 9.74. The highest BCUT2D eigenvalue weighted by Crippen LogP contribution is 2.47. The summed E-state index contributed by atoms with van der Waals surface area (Å²) in [5.41, 5.74) is 0.905. The summed E-state index contributed by atoms with van der Waals surface area (Å²) in [7, 11) is 1.43. The molecule has 0 spiro atoms. The number of ether oxygens (including phenoxy) is 2. The van der Waals surface area contributed by atoms with Gasteiger partial charge in [0.05, 0.1) is 29.5 Å². The van der Waals surface area contributed by atoms with Gasteiger partial charge in [-0.1, -0.05) is 12.1 Å². The number of methoxy groups -OCH3 is 1. The molecule has 0 fully saturated rings. The molecule has 4 rings (SSSR count). The Labute approximate surface area is 185 Å². The highest BCUT2D eigenvalue weighted by atomic mass is 27.0. The van der Waals surface area contributed by atoms with Crippen LogP contribution in [-0.4, -0.2) is 62.3 Å². The molecule has 9 heteroatoms. The molecule has 2 aromatic carbocycles. The Bertz CT molecular complexity index is 1170. The van der Waals surface area contributed by atoms with E-state index in [9.17, 15) is 24.6 Å². The van der Waals surface area contributed by atoms with E-state index in [2.05, 4.69) is 0 Å². The van der Waals surface area contributed by atoms with Crippen molar-refractivity contribution >= 4 is 38.4 Å². The molecule has 8 nitrogen and oxygen atoms in total. The van der Waals surface area contributed by atoms with Gasteiger partial charge in [0.15, 0.2) is 16.4 Å². The fraction of sp³-hybridized carbons (Fsp3) is 0.273. The normalized spacial score (nSPS) is 16.7. The van der Waals surface area contributed by atoms with E-state index in [1.807, 2.05) is 16.3 Å². The molecule has 0 aromatic heterocycles. The first-order valence-electron chi connectivity index (χ1n) is 9.61. The highest BCUT2D eigenvalue weighted by molar-refractivity contribution is 6.55. The molecule has 156 valence electrons. The predicted octanol–water partition coefficient (Wildman–Crippen LogP) is 2.05. The molecule has 0 heterocycles. The Morgan fingerprint density at radius 3 is 2.55 bits per heavy atom. The third kappa shape index (κ3) is 3.30. The zero-order valence-electron chi connectivity index (χ0n) is 16.7. The van der Waals surface area contributed by atoms with Gasteiger partial charge in [-0.15, -0.1) is 0 Å². The largest absolute Gasteiger partial charge is 0.507 e. The highest BCUT2D eigenvalue weighted by Gasteiger charge is 2.39. The number of nitrogens with one attached hydrogen (secondary N) is 1. The van der Waals surface area contributed by atoms with Crippen LogP contribution in [0.15, 0.2) is 18.2 Å². The van der Waals surface area contributed by atoms with Gasteiger partial charge in [0, 0.05) is 22.6 Å². The number of carbonyl (C=O) groups is 3. The molecule has 2 aliphatic rings. The average molecular weight is 435 g/mol. The van der Waals surface area contributed by atoms with E-state index in [1.54, 1.807) is 12.1 Å². The number of Topliss-reactive ketones (excluding diaryl/α,β-unsaturated/α-hetero) is 1. The Hall–Kier alpha value is -3.15. The Balaban J connectivity index is 1.80. The Kier molecular flexibility index (Phi) is 5.33. The Morgan fingerprint density at radius 2 is 1.87 bits per heavy atom. The summed E-state index contributed by atoms with van der Waals surface area (Å²) in [6, 6.07) is 4.78. The zero-order chi connectivity index (χ0) is 22.4. The standard InChI is InChI=1S/C22H18NO7.Al/c1-29-15-4-2-3-12-16(15)19(23)17-18(21(12)27)22(28)13-7-10(14(25)8-30-9-24)5-6-11(13)20(17)26;/h2-4,10,23,26,28H,5-8H2,1H3;/t10-;/m0./s1. The maximum atomic E-state index is 13.2. The van der Waals surface area contributed by atoms with E-state index in [0.29, 0.717) is 23.3 Å². The van der Waals surface area contributed by atoms with Crippen LogP contribution in [0.4, 0.5) is 4.79 Å². The fourth-order valence-electron chi connectivity index (χ4n) is 4.39. The number of ketones is 2. The van der Waals surface area contributed by atoms with Gasteiger partial charge in [-0.2, -0.15) is 0 Å². The average Bonchev–Trinajstić information content (AvgIpc) is 2.77. The number of hydrogen-bond donors (Lipinski definition) is 3. The van der Waals surface area contributed by atoms with Crippen molar-refractivity contribution in [3.8, 4) is 17.2 Å². The minimum absolute atomic E-state index is 0.0278. The molecule has 0 saturated heterocycles. The maximum Gasteiger partial charge on any atom is 0.318 e. The lowest BCUT2D eigenvalue weighted by Gasteiger charge is -2.30. The van der Waals surface area contributed by atoms with Crippen molar-refractivity contribution in [1.82, 2.24) is 0 Å². The lowest BCUT2D eigenvalue weighted by molar-refractivity contribution is -0.125. The van der Waals surface area contributed by atoms with Crippen LogP contribution in [-0.2, 0) is 22.4 Å². The molecule has 3 N–H and O–H groups in total. The molecule has 2 radical (unpaired) electrons. The summed E-state index contributed by atoms with van der Waals surface area (Å²) in [5.74, 6) is -1.59. The van der Waals surface area contributed by atoms with E-state index in [-0.39, 0.29) is 64.7 Å². The van der Waals surface area contributed by atoms with Crippen LogP contribution in [0, 0.1) is 11.3 Å². The summed E-state index contributed by atoms with van der Waals surface area (Å²) in [5, 5.41) is 30.6. The monoisotopic (exact) mass is 435 g/mol. The van der Waals surface area contributed by atoms with Crippen molar-refractivity contribution in [2.24, 2.45) is 5.92 Å². The Morgan fingerprint density at radius 1 is 1.16 bits per heavy atom. The number of fused-ring (bicyclic) bond motifs is 3. The third-order valence-electron chi connectivity index (χ3n) is 5.88. The number of aromatic hydroxyl groups is 2. The van der Waals surface area contributed by atoms with E-state index >= 15 is 0 Å². The summed E-state index contributed by atoms with van der Waals surface area (Å²) >= 11 is 1.83. The van der Waals surface area contributed by atoms with Crippen molar-refractivity contribution in [2.45, 2.75) is 19.3 Å². The van der Waals surface area contributed by atoms with Crippen molar-refractivity contribution in [1.29, 1.82) is 5.41 Å². The van der Waals surface area contributed by atoms with Gasteiger partial charge in [-0.3, -0.25) is 19.8 Å². The molecule has 2 aromatic rings. The van der Waals surface area contributed by atoms with Gasteiger partial charge in [0.2, 0.25) is 0 Å². The zero-order valence-corrected chi connectivity index (χ0v) is 17.8. The van der Waals surface area contributed by atoms with Crippen LogP contribution in [0.1, 0.15) is 44.6 Å². The summed E-state index contributed by atoms with van der Waals surface area (Å²) < 4.78 is 10.0. The second-order valence-electron chi connectivity index (χ2n) is 7.51. The first-order valence-corrected chi connectivity index (χ1v) is 10.2. The van der Waals surface area contributed by atoms with Crippen LogP contribution >= 0.6 is 0 Å². The minimum atomic E-state index is -0.641. The maximum absolute atomic E-state index is 13.2. The van der Waals surface area contributed by atoms with Crippen LogP contribution in [0.5, 0.6) is 17.2 Å². The first-order chi connectivity index (χ1) is 14.8. The number of benzene rings is 2. The second kappa shape index (κ2) is 7.84. The van der Waals surface area contributed by atoms with Crippen molar-refractivity contribution in [3.63, 3.8) is 0 Å². The first kappa shape index (κ1) is 21.1. The van der Waals surface area contributed by atoms with Gasteiger partial charge in [-0.05, 0) is 25.3 Å². The van der Waals surface area contributed by atoms with E-state index in [1.165, 1.54) is 13.2 Å². The van der Waals surface area contributed by atoms with Crippen molar-refractivity contribution in [2.75, 3.05) is 13.7 Å². The quantitative estimate of drug-likeness (QED) is 0.422. The SMILES string of the molecule is COc1cccc2c1C(=N)c1c(O)c3c(c(O)c1C2=O)C[C@@H](C(=O)CO[C](=O)[Al])CC3. The summed E-state index contributed by atoms with van der Waals surface area (Å²) in [6.45, 7) is -0.378. The van der Waals surface area contributed by atoms with E-state index in [0.717, 1.165) is 0 Å². The van der Waals surface area contributed by atoms with Gasteiger partial charge in [-0.25, -0.2) is 0 Å². The molecule has 2 aliphatic carbocycles. The second-order valence-corrected chi connectivity index (χ2v) is 7.98. The van der Waals surface area contributed by atoms with Gasteiger partial charge in [0.25, 0.3) is 0 Å². The molecule has 1 atom stereocenters. The topological polar surface area (TPSA) is 134 Å². The summed E-state index contributed by atoms with van der Waals surface area (Å²) in [6.07, 6.45) is 0.752. The molecule has 0 saturated carbocycles. The number of hydrogen-bond acceptors (Lipinski definition) is 8. The smallest absolute Gasteiger partial charge is 0.318 e.